The minimum Gasteiger partial charge on any atom is -0.497 e. The number of anilines is 1. The van der Waals surface area contributed by atoms with Gasteiger partial charge in [-0.3, -0.25) is 0 Å². The zero-order chi connectivity index (χ0) is 19.6. The van der Waals surface area contributed by atoms with Gasteiger partial charge in [-0.25, -0.2) is 9.18 Å². The highest BCUT2D eigenvalue weighted by Crippen LogP contribution is 2.36. The normalized spacial score (nSPS) is 17.8. The van der Waals surface area contributed by atoms with Gasteiger partial charge in [0.25, 0.3) is 0 Å². The Bertz CT molecular complexity index is 890. The zero-order valence-corrected chi connectivity index (χ0v) is 15.7. The highest BCUT2D eigenvalue weighted by Gasteiger charge is 2.43. The van der Waals surface area contributed by atoms with Gasteiger partial charge in [-0.15, -0.1) is 0 Å². The fourth-order valence-electron chi connectivity index (χ4n) is 3.60. The first-order valence-corrected chi connectivity index (χ1v) is 9.28. The molecule has 0 atom stereocenters. The lowest BCUT2D eigenvalue weighted by Crippen LogP contribution is -2.48. The maximum atomic E-state index is 13.0. The lowest BCUT2D eigenvalue weighted by molar-refractivity contribution is -0.0544. The van der Waals surface area contributed by atoms with Crippen LogP contribution >= 0.6 is 0 Å². The van der Waals surface area contributed by atoms with Crippen LogP contribution in [0.15, 0.2) is 53.7 Å². The van der Waals surface area contributed by atoms with Gasteiger partial charge in [-0.2, -0.15) is 0 Å². The molecule has 6 nitrogen and oxygen atoms in total. The summed E-state index contributed by atoms with van der Waals surface area (Å²) in [5, 5.41) is 7.11. The van der Waals surface area contributed by atoms with Crippen molar-refractivity contribution in [3.05, 3.63) is 59.9 Å². The van der Waals surface area contributed by atoms with Crippen LogP contribution in [0.3, 0.4) is 0 Å². The molecule has 0 bridgehead atoms. The van der Waals surface area contributed by atoms with Crippen LogP contribution in [0.1, 0.15) is 24.8 Å². The standard InChI is InChI=1S/C21H22FN3O3/c1-27-18-4-2-3-15(13-18)19-14-21(28-24-19)9-11-25(12-10-21)20(26)23-17-7-5-16(22)6-8-17/h2-8,13H,9-12,14H2,1H3,(H,23,26). The Morgan fingerprint density at radius 2 is 1.96 bits per heavy atom. The van der Waals surface area contributed by atoms with Crippen molar-refractivity contribution in [1.82, 2.24) is 4.90 Å². The number of ether oxygens (including phenoxy) is 1. The zero-order valence-electron chi connectivity index (χ0n) is 15.7. The van der Waals surface area contributed by atoms with Gasteiger partial charge in [0.2, 0.25) is 0 Å². The predicted octanol–water partition coefficient (Wildman–Crippen LogP) is 4.03. The smallest absolute Gasteiger partial charge is 0.321 e. The molecule has 1 spiro atoms. The summed E-state index contributed by atoms with van der Waals surface area (Å²) in [4.78, 5) is 20.0. The second-order valence-corrected chi connectivity index (χ2v) is 7.15. The summed E-state index contributed by atoms with van der Waals surface area (Å²) >= 11 is 0. The van der Waals surface area contributed by atoms with Crippen molar-refractivity contribution in [1.29, 1.82) is 0 Å². The van der Waals surface area contributed by atoms with Gasteiger partial charge in [-0.1, -0.05) is 17.3 Å². The minimum absolute atomic E-state index is 0.187. The monoisotopic (exact) mass is 383 g/mol. The first-order chi connectivity index (χ1) is 13.6. The maximum absolute atomic E-state index is 13.0. The first-order valence-electron chi connectivity index (χ1n) is 9.28. The number of benzene rings is 2. The van der Waals surface area contributed by atoms with E-state index in [0.717, 1.165) is 17.0 Å². The SMILES string of the molecule is COc1cccc(C2=NOC3(CCN(C(=O)Nc4ccc(F)cc4)CC3)C2)c1. The summed E-state index contributed by atoms with van der Waals surface area (Å²) in [6.45, 7) is 1.15. The molecule has 28 heavy (non-hydrogen) atoms. The van der Waals surface area contributed by atoms with Gasteiger partial charge in [0.05, 0.1) is 12.8 Å². The molecule has 0 radical (unpaired) electrons. The second-order valence-electron chi connectivity index (χ2n) is 7.15. The van der Waals surface area contributed by atoms with E-state index >= 15 is 0 Å². The molecule has 2 heterocycles. The summed E-state index contributed by atoms with van der Waals surface area (Å²) < 4.78 is 18.3. The van der Waals surface area contributed by atoms with E-state index in [9.17, 15) is 9.18 Å². The van der Waals surface area contributed by atoms with E-state index in [-0.39, 0.29) is 17.4 Å². The molecule has 1 N–H and O–H groups in total. The molecular weight excluding hydrogens is 361 g/mol. The molecule has 2 amide bonds. The molecule has 1 fully saturated rings. The Hall–Kier alpha value is -3.09. The van der Waals surface area contributed by atoms with Crippen molar-refractivity contribution in [2.45, 2.75) is 24.9 Å². The molecular formula is C21H22FN3O3. The summed E-state index contributed by atoms with van der Waals surface area (Å²) in [5.74, 6) is 0.455. The Labute approximate surface area is 162 Å². The topological polar surface area (TPSA) is 63.2 Å². The first kappa shape index (κ1) is 18.3. The third-order valence-corrected chi connectivity index (χ3v) is 5.30. The Balaban J connectivity index is 1.34. The van der Waals surface area contributed by atoms with Crippen molar-refractivity contribution in [2.75, 3.05) is 25.5 Å². The molecule has 2 aliphatic rings. The van der Waals surface area contributed by atoms with E-state index in [1.807, 2.05) is 24.3 Å². The van der Waals surface area contributed by atoms with Gasteiger partial charge in [-0.05, 0) is 36.4 Å². The summed E-state index contributed by atoms with van der Waals surface area (Å²) in [5.41, 5.74) is 2.12. The molecule has 0 aliphatic carbocycles. The molecule has 0 aromatic heterocycles. The number of carbonyl (C=O) groups excluding carboxylic acids is 1. The van der Waals surface area contributed by atoms with Crippen molar-refractivity contribution >= 4 is 17.4 Å². The Kier molecular flexibility index (Phi) is 4.90. The number of urea groups is 1. The Morgan fingerprint density at radius 3 is 2.68 bits per heavy atom. The van der Waals surface area contributed by atoms with Crippen LogP contribution in [-0.2, 0) is 4.84 Å². The number of likely N-dealkylation sites (tertiary alicyclic amines) is 1. The number of oxime groups is 1. The van der Waals surface area contributed by atoms with Gasteiger partial charge >= 0.3 is 6.03 Å². The average molecular weight is 383 g/mol. The number of rotatable bonds is 3. The maximum Gasteiger partial charge on any atom is 0.321 e. The fraction of sp³-hybridized carbons (Fsp3) is 0.333. The number of amides is 2. The molecule has 2 aliphatic heterocycles. The number of nitrogens with one attached hydrogen (secondary N) is 1. The molecule has 2 aromatic rings. The van der Waals surface area contributed by atoms with E-state index in [4.69, 9.17) is 9.57 Å². The second kappa shape index (κ2) is 7.50. The average Bonchev–Trinajstić information content (AvgIpc) is 3.14. The molecule has 146 valence electrons. The summed E-state index contributed by atoms with van der Waals surface area (Å²) in [7, 11) is 1.64. The summed E-state index contributed by atoms with van der Waals surface area (Å²) in [6.07, 6.45) is 2.13. The molecule has 7 heteroatoms. The Morgan fingerprint density at radius 1 is 1.21 bits per heavy atom. The van der Waals surface area contributed by atoms with Crippen LogP contribution in [0.25, 0.3) is 0 Å². The van der Waals surface area contributed by atoms with E-state index in [1.54, 1.807) is 24.1 Å². The molecule has 0 saturated carbocycles. The lowest BCUT2D eigenvalue weighted by Gasteiger charge is -2.37. The van der Waals surface area contributed by atoms with Crippen LogP contribution in [0, 0.1) is 5.82 Å². The van der Waals surface area contributed by atoms with Gasteiger partial charge < -0.3 is 19.8 Å². The molecule has 1 saturated heterocycles. The fourth-order valence-corrected chi connectivity index (χ4v) is 3.60. The van der Waals surface area contributed by atoms with Crippen molar-refractivity contribution in [3.63, 3.8) is 0 Å². The summed E-state index contributed by atoms with van der Waals surface area (Å²) in [6, 6.07) is 13.3. The largest absolute Gasteiger partial charge is 0.497 e. The molecule has 4 rings (SSSR count). The highest BCUT2D eigenvalue weighted by atomic mass is 19.1. The molecule has 2 aromatic carbocycles. The van der Waals surface area contributed by atoms with Crippen molar-refractivity contribution in [2.24, 2.45) is 5.16 Å². The third-order valence-electron chi connectivity index (χ3n) is 5.30. The van der Waals surface area contributed by atoms with Crippen LogP contribution < -0.4 is 10.1 Å². The van der Waals surface area contributed by atoms with Gasteiger partial charge in [0.1, 0.15) is 17.2 Å². The van der Waals surface area contributed by atoms with E-state index in [0.29, 0.717) is 38.0 Å². The van der Waals surface area contributed by atoms with Gasteiger partial charge in [0, 0.05) is 43.6 Å². The van der Waals surface area contributed by atoms with Gasteiger partial charge in [0.15, 0.2) is 0 Å². The predicted molar refractivity (Wildman–Crippen MR) is 104 cm³/mol. The van der Waals surface area contributed by atoms with E-state index in [2.05, 4.69) is 10.5 Å². The third kappa shape index (κ3) is 3.78. The number of carbonyl (C=O) groups is 1. The number of hydrogen-bond acceptors (Lipinski definition) is 4. The molecule has 0 unspecified atom stereocenters. The van der Waals surface area contributed by atoms with Crippen LogP contribution in [0.4, 0.5) is 14.9 Å². The number of piperidine rings is 1. The van der Waals surface area contributed by atoms with Crippen LogP contribution in [0.5, 0.6) is 5.75 Å². The van der Waals surface area contributed by atoms with E-state index in [1.165, 1.54) is 12.1 Å². The number of hydrogen-bond donors (Lipinski definition) is 1. The number of nitrogens with zero attached hydrogens (tertiary/aromatic N) is 2. The van der Waals surface area contributed by atoms with Crippen LogP contribution in [-0.4, -0.2) is 42.4 Å². The van der Waals surface area contributed by atoms with Crippen LogP contribution in [0.2, 0.25) is 0 Å². The quantitative estimate of drug-likeness (QED) is 0.871. The highest BCUT2D eigenvalue weighted by molar-refractivity contribution is 6.02. The lowest BCUT2D eigenvalue weighted by atomic mass is 9.85. The van der Waals surface area contributed by atoms with E-state index < -0.39 is 0 Å². The van der Waals surface area contributed by atoms with Crippen molar-refractivity contribution < 1.29 is 18.8 Å². The number of halogens is 1. The minimum atomic E-state index is -0.356. The van der Waals surface area contributed by atoms with Crippen molar-refractivity contribution in [3.8, 4) is 5.75 Å². The number of methoxy groups -OCH3 is 1.